The largest absolute Gasteiger partial charge is 0.468 e. The summed E-state index contributed by atoms with van der Waals surface area (Å²) < 4.78 is 6.67. The molecule has 1 heterocycles. The Morgan fingerprint density at radius 3 is 2.64 bits per heavy atom. The number of fused-ring (bicyclic) bond motifs is 1. The normalized spacial score (nSPS) is 10.8. The lowest BCUT2D eigenvalue weighted by atomic mass is 10.1. The van der Waals surface area contributed by atoms with Crippen molar-refractivity contribution in [1.82, 2.24) is 14.9 Å². The molecule has 0 atom stereocenters. The highest BCUT2D eigenvalue weighted by molar-refractivity contribution is 6.30. The number of hydrogen-bond acceptors (Lipinski definition) is 4. The van der Waals surface area contributed by atoms with Gasteiger partial charge < -0.3 is 14.6 Å². The lowest BCUT2D eigenvalue weighted by Crippen LogP contribution is -2.26. The van der Waals surface area contributed by atoms with Crippen molar-refractivity contribution in [2.24, 2.45) is 0 Å². The number of imidazole rings is 1. The van der Waals surface area contributed by atoms with Crippen LogP contribution < -0.4 is 5.32 Å². The fraction of sp³-hybridized carbons (Fsp3) is 0.286. The maximum atomic E-state index is 12.1. The maximum absolute atomic E-state index is 12.1. The van der Waals surface area contributed by atoms with Gasteiger partial charge in [-0.1, -0.05) is 35.9 Å². The van der Waals surface area contributed by atoms with Gasteiger partial charge in [0.15, 0.2) is 0 Å². The Labute approximate surface area is 168 Å². The van der Waals surface area contributed by atoms with Crippen molar-refractivity contribution in [3.63, 3.8) is 0 Å². The number of hydrogen-bond donors (Lipinski definition) is 1. The van der Waals surface area contributed by atoms with Gasteiger partial charge in [0.1, 0.15) is 12.4 Å². The number of benzene rings is 2. The van der Waals surface area contributed by atoms with E-state index < -0.39 is 0 Å². The molecule has 146 valence electrons. The van der Waals surface area contributed by atoms with Gasteiger partial charge >= 0.3 is 5.97 Å². The second-order valence-electron chi connectivity index (χ2n) is 6.44. The summed E-state index contributed by atoms with van der Waals surface area (Å²) in [7, 11) is 1.37. The third-order valence-corrected chi connectivity index (χ3v) is 4.68. The zero-order valence-corrected chi connectivity index (χ0v) is 16.4. The number of rotatable bonds is 8. The molecule has 0 fully saturated rings. The van der Waals surface area contributed by atoms with Crippen molar-refractivity contribution >= 4 is 34.5 Å². The van der Waals surface area contributed by atoms with E-state index in [1.807, 2.05) is 41.0 Å². The quantitative estimate of drug-likeness (QED) is 0.466. The zero-order chi connectivity index (χ0) is 19.9. The number of amides is 1. The van der Waals surface area contributed by atoms with E-state index in [0.29, 0.717) is 24.4 Å². The highest BCUT2D eigenvalue weighted by Gasteiger charge is 2.13. The van der Waals surface area contributed by atoms with Crippen molar-refractivity contribution < 1.29 is 14.3 Å². The molecule has 3 rings (SSSR count). The second-order valence-corrected chi connectivity index (χ2v) is 6.87. The minimum Gasteiger partial charge on any atom is -0.468 e. The van der Waals surface area contributed by atoms with Gasteiger partial charge in [0.2, 0.25) is 5.91 Å². The molecular formula is C21H22ClN3O3. The molecule has 7 heteroatoms. The fourth-order valence-electron chi connectivity index (χ4n) is 3.01. The molecule has 0 bridgehead atoms. The van der Waals surface area contributed by atoms with Crippen LogP contribution in [0.3, 0.4) is 0 Å². The van der Waals surface area contributed by atoms with Gasteiger partial charge in [0.25, 0.3) is 0 Å². The molecule has 0 aliphatic carbocycles. The van der Waals surface area contributed by atoms with Gasteiger partial charge in [0, 0.05) is 18.0 Å². The Bertz CT molecular complexity index is 967. The molecule has 0 radical (unpaired) electrons. The molecule has 3 aromatic rings. The first-order valence-electron chi connectivity index (χ1n) is 9.09. The topological polar surface area (TPSA) is 73.2 Å². The number of nitrogens with zero attached hydrogens (tertiary/aromatic N) is 2. The average Bonchev–Trinajstić information content (AvgIpc) is 3.04. The number of aromatic nitrogens is 2. The molecule has 1 aromatic heterocycles. The molecular weight excluding hydrogens is 378 g/mol. The number of aryl methyl sites for hydroxylation is 1. The van der Waals surface area contributed by atoms with Crippen LogP contribution >= 0.6 is 11.6 Å². The number of methoxy groups -OCH3 is 1. The van der Waals surface area contributed by atoms with E-state index in [2.05, 4.69) is 10.3 Å². The Hall–Kier alpha value is -2.86. The van der Waals surface area contributed by atoms with Crippen LogP contribution in [-0.4, -0.2) is 35.1 Å². The van der Waals surface area contributed by atoms with Gasteiger partial charge in [-0.05, 0) is 36.2 Å². The summed E-state index contributed by atoms with van der Waals surface area (Å²) in [5, 5.41) is 3.57. The molecule has 1 amide bonds. The van der Waals surface area contributed by atoms with E-state index in [4.69, 9.17) is 16.3 Å². The van der Waals surface area contributed by atoms with Crippen LogP contribution in [0.5, 0.6) is 0 Å². The molecule has 0 aliphatic heterocycles. The number of carbonyl (C=O) groups is 2. The predicted octanol–water partition coefficient (Wildman–Crippen LogP) is 3.15. The first kappa shape index (κ1) is 19.9. The summed E-state index contributed by atoms with van der Waals surface area (Å²) in [4.78, 5) is 28.5. The second kappa shape index (κ2) is 9.37. The zero-order valence-electron chi connectivity index (χ0n) is 15.7. The van der Waals surface area contributed by atoms with Crippen LogP contribution in [0.2, 0.25) is 5.02 Å². The lowest BCUT2D eigenvalue weighted by Gasteiger charge is -2.09. The standard InChI is InChI=1S/C21H22ClN3O3/c1-28-21(27)14-25-18-6-3-2-5-17(18)24-19(25)7-4-12-23-20(26)13-15-8-10-16(22)11-9-15/h2-3,5-6,8-11H,4,7,12-14H2,1H3,(H,23,26). The number of ether oxygens (including phenoxy) is 1. The van der Waals surface area contributed by atoms with Crippen molar-refractivity contribution in [2.45, 2.75) is 25.8 Å². The van der Waals surface area contributed by atoms with E-state index in [1.165, 1.54) is 7.11 Å². The third kappa shape index (κ3) is 5.10. The highest BCUT2D eigenvalue weighted by atomic mass is 35.5. The van der Waals surface area contributed by atoms with Gasteiger partial charge in [-0.15, -0.1) is 0 Å². The van der Waals surface area contributed by atoms with E-state index in [-0.39, 0.29) is 18.4 Å². The third-order valence-electron chi connectivity index (χ3n) is 4.43. The van der Waals surface area contributed by atoms with Gasteiger partial charge in [-0.2, -0.15) is 0 Å². The summed E-state index contributed by atoms with van der Waals surface area (Å²) in [5.41, 5.74) is 2.66. The van der Waals surface area contributed by atoms with Crippen LogP contribution in [0, 0.1) is 0 Å². The Morgan fingerprint density at radius 2 is 1.89 bits per heavy atom. The minimum atomic E-state index is -0.319. The van der Waals surface area contributed by atoms with E-state index in [1.54, 1.807) is 12.1 Å². The molecule has 1 N–H and O–H groups in total. The molecule has 0 saturated carbocycles. The van der Waals surface area contributed by atoms with Crippen LogP contribution in [0.4, 0.5) is 0 Å². The van der Waals surface area contributed by atoms with Crippen molar-refractivity contribution in [3.05, 3.63) is 64.9 Å². The summed E-state index contributed by atoms with van der Waals surface area (Å²) in [6.45, 7) is 0.656. The minimum absolute atomic E-state index is 0.0367. The molecule has 0 aliphatic rings. The molecule has 0 spiro atoms. The van der Waals surface area contributed by atoms with Gasteiger partial charge in [0.05, 0.1) is 24.6 Å². The maximum Gasteiger partial charge on any atom is 0.325 e. The van der Waals surface area contributed by atoms with E-state index in [9.17, 15) is 9.59 Å². The van der Waals surface area contributed by atoms with Crippen LogP contribution in [0.25, 0.3) is 11.0 Å². The van der Waals surface area contributed by atoms with E-state index in [0.717, 1.165) is 28.8 Å². The van der Waals surface area contributed by atoms with Gasteiger partial charge in [-0.25, -0.2) is 4.98 Å². The summed E-state index contributed by atoms with van der Waals surface area (Å²) >= 11 is 5.85. The summed E-state index contributed by atoms with van der Waals surface area (Å²) in [6, 6.07) is 14.9. The molecule has 0 unspecified atom stereocenters. The van der Waals surface area contributed by atoms with Crippen LogP contribution in [-0.2, 0) is 33.7 Å². The Morgan fingerprint density at radius 1 is 1.14 bits per heavy atom. The van der Waals surface area contributed by atoms with E-state index >= 15 is 0 Å². The highest BCUT2D eigenvalue weighted by Crippen LogP contribution is 2.17. The van der Waals surface area contributed by atoms with Gasteiger partial charge in [-0.3, -0.25) is 9.59 Å². The average molecular weight is 400 g/mol. The number of esters is 1. The smallest absolute Gasteiger partial charge is 0.325 e. The summed E-state index contributed by atoms with van der Waals surface area (Å²) in [5.74, 6) is 0.449. The molecule has 2 aromatic carbocycles. The number of carbonyl (C=O) groups excluding carboxylic acids is 2. The van der Waals surface area contributed by atoms with Crippen molar-refractivity contribution in [1.29, 1.82) is 0 Å². The van der Waals surface area contributed by atoms with Crippen molar-refractivity contribution in [2.75, 3.05) is 13.7 Å². The number of nitrogens with one attached hydrogen (secondary N) is 1. The SMILES string of the molecule is COC(=O)Cn1c(CCCNC(=O)Cc2ccc(Cl)cc2)nc2ccccc21. The molecule has 28 heavy (non-hydrogen) atoms. The lowest BCUT2D eigenvalue weighted by molar-refractivity contribution is -0.141. The predicted molar refractivity (Wildman–Crippen MR) is 108 cm³/mol. The van der Waals surface area contributed by atoms with Crippen molar-refractivity contribution in [3.8, 4) is 0 Å². The molecule has 0 saturated heterocycles. The number of halogens is 1. The molecule has 6 nitrogen and oxygen atoms in total. The Kier molecular flexibility index (Phi) is 6.66. The Balaban J connectivity index is 1.56. The summed E-state index contributed by atoms with van der Waals surface area (Å²) in [6.07, 6.45) is 1.68. The van der Waals surface area contributed by atoms with Crippen LogP contribution in [0.15, 0.2) is 48.5 Å². The first-order valence-corrected chi connectivity index (χ1v) is 9.46. The monoisotopic (exact) mass is 399 g/mol. The number of para-hydroxylation sites is 2. The first-order chi connectivity index (χ1) is 13.6. The van der Waals surface area contributed by atoms with Crippen LogP contribution in [0.1, 0.15) is 17.8 Å². The fourth-order valence-corrected chi connectivity index (χ4v) is 3.14.